The first-order valence-electron chi connectivity index (χ1n) is 7.49. The van der Waals surface area contributed by atoms with E-state index < -0.39 is 0 Å². The number of aromatic nitrogens is 2. The molecule has 5 heteroatoms. The number of nitrogens with zero attached hydrogens (tertiary/aromatic N) is 3. The summed E-state index contributed by atoms with van der Waals surface area (Å²) in [5, 5.41) is 8.11. The van der Waals surface area contributed by atoms with E-state index in [4.69, 9.17) is 0 Å². The van der Waals surface area contributed by atoms with Crippen LogP contribution < -0.4 is 5.32 Å². The lowest BCUT2D eigenvalue weighted by Gasteiger charge is -2.08. The highest BCUT2D eigenvalue weighted by Gasteiger charge is 2.14. The van der Waals surface area contributed by atoms with Crippen molar-refractivity contribution in [2.24, 2.45) is 12.0 Å². The zero-order valence-electron chi connectivity index (χ0n) is 13.0. The Morgan fingerprint density at radius 1 is 1.22 bits per heavy atom. The van der Waals surface area contributed by atoms with Gasteiger partial charge in [0.15, 0.2) is 0 Å². The number of hydrogen-bond donors (Lipinski definition) is 1. The number of carbonyl (C=O) groups excluding carboxylic acids is 1. The molecule has 0 saturated heterocycles. The number of benzene rings is 2. The third-order valence-corrected chi connectivity index (χ3v) is 4.25. The summed E-state index contributed by atoms with van der Waals surface area (Å²) < 4.78 is 1.79. The second kappa shape index (κ2) is 5.05. The van der Waals surface area contributed by atoms with E-state index in [1.54, 1.807) is 10.9 Å². The van der Waals surface area contributed by atoms with Crippen LogP contribution >= 0.6 is 0 Å². The van der Waals surface area contributed by atoms with Crippen LogP contribution in [0.5, 0.6) is 0 Å². The molecule has 1 aromatic heterocycles. The highest BCUT2D eigenvalue weighted by Crippen LogP contribution is 2.23. The standard InChI is InChI=1S/C18H16N4O/c1-11-16-8-15(5-3-13(16)9-19-11)21-18(23)12-4-6-17-14(7-12)10-20-22(17)2/h3-8,10H,9H2,1-2H3,(H,21,23). The molecule has 4 rings (SSSR count). The lowest BCUT2D eigenvalue weighted by molar-refractivity contribution is 0.102. The summed E-state index contributed by atoms with van der Waals surface area (Å²) in [6.07, 6.45) is 1.77. The fourth-order valence-corrected chi connectivity index (χ4v) is 2.93. The summed E-state index contributed by atoms with van der Waals surface area (Å²) in [6.45, 7) is 2.72. The molecule has 2 heterocycles. The molecule has 0 radical (unpaired) electrons. The quantitative estimate of drug-likeness (QED) is 0.790. The summed E-state index contributed by atoms with van der Waals surface area (Å²) in [4.78, 5) is 16.9. The third-order valence-electron chi connectivity index (χ3n) is 4.25. The first kappa shape index (κ1) is 13.7. The number of carbonyl (C=O) groups is 1. The van der Waals surface area contributed by atoms with E-state index in [2.05, 4.69) is 15.4 Å². The number of nitrogens with one attached hydrogen (secondary N) is 1. The number of fused-ring (bicyclic) bond motifs is 2. The lowest BCUT2D eigenvalue weighted by atomic mass is 10.1. The third kappa shape index (κ3) is 2.30. The van der Waals surface area contributed by atoms with Crippen LogP contribution in [-0.4, -0.2) is 21.4 Å². The van der Waals surface area contributed by atoms with Crippen LogP contribution in [0.1, 0.15) is 28.4 Å². The molecule has 5 nitrogen and oxygen atoms in total. The molecule has 0 spiro atoms. The highest BCUT2D eigenvalue weighted by molar-refractivity contribution is 6.07. The minimum Gasteiger partial charge on any atom is -0.322 e. The predicted molar refractivity (Wildman–Crippen MR) is 91.0 cm³/mol. The van der Waals surface area contributed by atoms with Crippen LogP contribution in [0.4, 0.5) is 5.69 Å². The van der Waals surface area contributed by atoms with Crippen molar-refractivity contribution in [3.05, 3.63) is 59.3 Å². The molecule has 0 bridgehead atoms. The maximum Gasteiger partial charge on any atom is 0.255 e. The average Bonchev–Trinajstić information content (AvgIpc) is 3.11. The Morgan fingerprint density at radius 3 is 2.96 bits per heavy atom. The van der Waals surface area contributed by atoms with E-state index >= 15 is 0 Å². The van der Waals surface area contributed by atoms with Gasteiger partial charge in [-0.1, -0.05) is 6.07 Å². The van der Waals surface area contributed by atoms with Crippen LogP contribution in [-0.2, 0) is 13.6 Å². The highest BCUT2D eigenvalue weighted by atomic mass is 16.1. The van der Waals surface area contributed by atoms with Gasteiger partial charge in [0.2, 0.25) is 0 Å². The molecule has 0 unspecified atom stereocenters. The smallest absolute Gasteiger partial charge is 0.255 e. The molecular weight excluding hydrogens is 288 g/mol. The molecule has 114 valence electrons. The molecule has 3 aromatic rings. The Balaban J connectivity index is 1.62. The zero-order chi connectivity index (χ0) is 16.0. The molecule has 0 saturated carbocycles. The summed E-state index contributed by atoms with van der Waals surface area (Å²) in [5.41, 5.74) is 5.76. The maximum atomic E-state index is 12.5. The molecule has 0 atom stereocenters. The van der Waals surface area contributed by atoms with Gasteiger partial charge in [-0.15, -0.1) is 0 Å². The van der Waals surface area contributed by atoms with Crippen molar-refractivity contribution < 1.29 is 4.79 Å². The molecule has 1 amide bonds. The van der Waals surface area contributed by atoms with Gasteiger partial charge in [0, 0.05) is 35.0 Å². The largest absolute Gasteiger partial charge is 0.322 e. The molecule has 1 N–H and O–H groups in total. The fraction of sp³-hybridized carbons (Fsp3) is 0.167. The van der Waals surface area contributed by atoms with Crippen molar-refractivity contribution in [2.75, 3.05) is 5.32 Å². The van der Waals surface area contributed by atoms with Crippen LogP contribution in [0.25, 0.3) is 10.9 Å². The van der Waals surface area contributed by atoms with Gasteiger partial charge in [-0.25, -0.2) is 0 Å². The molecule has 1 aliphatic heterocycles. The Hall–Kier alpha value is -2.95. The van der Waals surface area contributed by atoms with Gasteiger partial charge >= 0.3 is 0 Å². The normalized spacial score (nSPS) is 13.0. The maximum absolute atomic E-state index is 12.5. The van der Waals surface area contributed by atoms with Crippen molar-refractivity contribution in [1.29, 1.82) is 0 Å². The molecule has 1 aliphatic rings. The summed E-state index contributed by atoms with van der Waals surface area (Å²) in [7, 11) is 1.89. The SMILES string of the molecule is CC1=NCc2ccc(NC(=O)c3ccc4c(cnn4C)c3)cc21. The molecule has 0 fully saturated rings. The van der Waals surface area contributed by atoms with Gasteiger partial charge in [0.1, 0.15) is 0 Å². The molecule has 23 heavy (non-hydrogen) atoms. The van der Waals surface area contributed by atoms with E-state index in [1.165, 1.54) is 5.56 Å². The summed E-state index contributed by atoms with van der Waals surface area (Å²) >= 11 is 0. The van der Waals surface area contributed by atoms with E-state index in [-0.39, 0.29) is 5.91 Å². The minimum absolute atomic E-state index is 0.122. The van der Waals surface area contributed by atoms with Gasteiger partial charge in [0.25, 0.3) is 5.91 Å². The first-order valence-corrected chi connectivity index (χ1v) is 7.49. The Kier molecular flexibility index (Phi) is 3.01. The van der Waals surface area contributed by atoms with Crippen molar-refractivity contribution in [2.45, 2.75) is 13.5 Å². The summed E-state index contributed by atoms with van der Waals surface area (Å²) in [5.74, 6) is -0.122. The Morgan fingerprint density at radius 2 is 2.09 bits per heavy atom. The van der Waals surface area contributed by atoms with Crippen molar-refractivity contribution in [3.63, 3.8) is 0 Å². The van der Waals surface area contributed by atoms with Crippen LogP contribution in [0.15, 0.2) is 47.6 Å². The van der Waals surface area contributed by atoms with Gasteiger partial charge in [-0.3, -0.25) is 14.5 Å². The number of hydrogen-bond acceptors (Lipinski definition) is 3. The van der Waals surface area contributed by atoms with Gasteiger partial charge in [-0.2, -0.15) is 5.10 Å². The van der Waals surface area contributed by atoms with Gasteiger partial charge in [0.05, 0.1) is 18.3 Å². The number of rotatable bonds is 2. The van der Waals surface area contributed by atoms with Crippen LogP contribution in [0, 0.1) is 0 Å². The average molecular weight is 304 g/mol. The first-order chi connectivity index (χ1) is 11.1. The number of aliphatic imine (C=N–C) groups is 1. The Labute approximate surface area is 133 Å². The Bertz CT molecular complexity index is 968. The van der Waals surface area contributed by atoms with E-state index in [1.807, 2.05) is 50.4 Å². The molecular formula is C18H16N4O. The monoisotopic (exact) mass is 304 g/mol. The summed E-state index contributed by atoms with van der Waals surface area (Å²) in [6, 6.07) is 11.5. The van der Waals surface area contributed by atoms with Gasteiger partial charge in [-0.05, 0) is 42.8 Å². The van der Waals surface area contributed by atoms with Crippen LogP contribution in [0.3, 0.4) is 0 Å². The second-order valence-corrected chi connectivity index (χ2v) is 5.77. The molecule has 0 aliphatic carbocycles. The minimum atomic E-state index is -0.122. The number of aryl methyl sites for hydroxylation is 1. The van der Waals surface area contributed by atoms with Gasteiger partial charge < -0.3 is 5.32 Å². The van der Waals surface area contributed by atoms with Crippen LogP contribution in [0.2, 0.25) is 0 Å². The van der Waals surface area contributed by atoms with Crippen molar-refractivity contribution >= 4 is 28.2 Å². The van der Waals surface area contributed by atoms with E-state index in [0.29, 0.717) is 5.56 Å². The number of anilines is 1. The zero-order valence-corrected chi connectivity index (χ0v) is 13.0. The van der Waals surface area contributed by atoms with Crippen molar-refractivity contribution in [1.82, 2.24) is 9.78 Å². The fourth-order valence-electron chi connectivity index (χ4n) is 2.93. The predicted octanol–water partition coefficient (Wildman–Crippen LogP) is 3.15. The van der Waals surface area contributed by atoms with Crippen molar-refractivity contribution in [3.8, 4) is 0 Å². The lowest BCUT2D eigenvalue weighted by Crippen LogP contribution is -2.12. The molecule has 2 aromatic carbocycles. The topological polar surface area (TPSA) is 59.3 Å². The van der Waals surface area contributed by atoms with E-state index in [0.717, 1.165) is 34.4 Å². The second-order valence-electron chi connectivity index (χ2n) is 5.77. The number of amides is 1. The van der Waals surface area contributed by atoms with E-state index in [9.17, 15) is 4.79 Å².